The second-order valence-electron chi connectivity index (χ2n) is 7.60. The molecule has 0 bridgehead atoms. The van der Waals surface area contributed by atoms with E-state index < -0.39 is 37.7 Å². The quantitative estimate of drug-likeness (QED) is 0.141. The summed E-state index contributed by atoms with van der Waals surface area (Å²) in [6.07, 6.45) is 3.36. The molecule has 0 amide bonds. The number of fused-ring (bicyclic) bond motifs is 1. The molecule has 1 saturated heterocycles. The van der Waals surface area contributed by atoms with Gasteiger partial charge in [0.1, 0.15) is 12.4 Å². The molecule has 4 heterocycles. The Balaban J connectivity index is 0.00000324. The summed E-state index contributed by atoms with van der Waals surface area (Å²) >= 11 is 0. The van der Waals surface area contributed by atoms with Crippen LogP contribution in [-0.2, 0) is 18.6 Å². The third kappa shape index (κ3) is 5.61. The van der Waals surface area contributed by atoms with Gasteiger partial charge in [-0.05, 0) is 12.8 Å². The van der Waals surface area contributed by atoms with Crippen LogP contribution in [0.25, 0.3) is 11.2 Å². The number of H-pyrrole nitrogens is 1. The molecule has 1 aliphatic heterocycles. The SMILES string of the molecule is CCCOCC[C@H]1[C@@H](O)[C@H](n2cnc3c(=O)[nH]c(N)nc32)O[C@@H]1COP(=O)([O-])n1ccnc1.[Na+]. The van der Waals surface area contributed by atoms with Crippen LogP contribution in [0.3, 0.4) is 0 Å². The van der Waals surface area contributed by atoms with E-state index in [2.05, 4.69) is 19.9 Å². The number of aromatic nitrogens is 6. The van der Waals surface area contributed by atoms with E-state index in [0.717, 1.165) is 17.1 Å². The fraction of sp³-hybridized carbons (Fsp3) is 0.556. The number of ether oxygens (including phenoxy) is 2. The Morgan fingerprint density at radius 3 is 2.88 bits per heavy atom. The van der Waals surface area contributed by atoms with E-state index in [4.69, 9.17) is 19.7 Å². The van der Waals surface area contributed by atoms with Crippen molar-refractivity contribution in [2.24, 2.45) is 5.92 Å². The predicted octanol–water partition coefficient (Wildman–Crippen LogP) is -3.37. The number of nitrogen functional groups attached to an aromatic ring is 1. The van der Waals surface area contributed by atoms with Gasteiger partial charge in [0.25, 0.3) is 5.56 Å². The number of aliphatic hydroxyl groups excluding tert-OH is 1. The number of anilines is 1. The molecule has 1 aliphatic rings. The minimum absolute atomic E-state index is 0. The minimum atomic E-state index is -4.45. The van der Waals surface area contributed by atoms with Gasteiger partial charge >= 0.3 is 29.6 Å². The van der Waals surface area contributed by atoms with Crippen LogP contribution >= 0.6 is 7.75 Å². The van der Waals surface area contributed by atoms with E-state index >= 15 is 0 Å². The largest absolute Gasteiger partial charge is 1.00 e. The fourth-order valence-electron chi connectivity index (χ4n) is 3.77. The van der Waals surface area contributed by atoms with E-state index in [1.807, 2.05) is 6.92 Å². The van der Waals surface area contributed by atoms with Gasteiger partial charge in [0.2, 0.25) is 13.7 Å². The molecule has 0 aromatic carbocycles. The van der Waals surface area contributed by atoms with E-state index in [1.54, 1.807) is 0 Å². The molecule has 14 nitrogen and oxygen atoms in total. The van der Waals surface area contributed by atoms with Crippen LogP contribution in [0, 0.1) is 5.92 Å². The van der Waals surface area contributed by atoms with Crippen molar-refractivity contribution in [3.05, 3.63) is 35.4 Å². The van der Waals surface area contributed by atoms with Gasteiger partial charge in [-0.2, -0.15) is 4.98 Å². The van der Waals surface area contributed by atoms with Gasteiger partial charge in [-0.3, -0.25) is 23.2 Å². The molecule has 0 radical (unpaired) electrons. The fourth-order valence-corrected chi connectivity index (χ4v) is 4.65. The second-order valence-corrected chi connectivity index (χ2v) is 9.26. The zero-order valence-electron chi connectivity index (χ0n) is 18.8. The maximum absolute atomic E-state index is 12.4. The number of nitrogens with one attached hydrogen (secondary N) is 1. The monoisotopic (exact) mass is 505 g/mol. The Hall–Kier alpha value is -1.61. The topological polar surface area (TPSA) is 195 Å². The van der Waals surface area contributed by atoms with Crippen molar-refractivity contribution in [1.82, 2.24) is 28.8 Å². The van der Waals surface area contributed by atoms with Gasteiger partial charge in [-0.1, -0.05) is 6.92 Å². The van der Waals surface area contributed by atoms with Crippen LogP contribution in [0.5, 0.6) is 0 Å². The van der Waals surface area contributed by atoms with E-state index in [9.17, 15) is 19.4 Å². The summed E-state index contributed by atoms with van der Waals surface area (Å²) in [6.45, 7) is 2.54. The second kappa shape index (κ2) is 11.4. The molecule has 3 aromatic heterocycles. The van der Waals surface area contributed by atoms with E-state index in [1.165, 1.54) is 23.3 Å². The van der Waals surface area contributed by atoms with Gasteiger partial charge in [-0.25, -0.2) is 9.97 Å². The zero-order valence-corrected chi connectivity index (χ0v) is 21.7. The Morgan fingerprint density at radius 1 is 1.38 bits per heavy atom. The molecule has 0 spiro atoms. The molecule has 4 N–H and O–H groups in total. The van der Waals surface area contributed by atoms with Crippen LogP contribution in [-0.4, -0.2) is 66.0 Å². The normalized spacial score (nSPS) is 24.2. The summed E-state index contributed by atoms with van der Waals surface area (Å²) in [5.74, 6) is -0.634. The molecular formula is C18H25N7NaO7P. The molecule has 34 heavy (non-hydrogen) atoms. The smallest absolute Gasteiger partial charge is 0.761 e. The van der Waals surface area contributed by atoms with E-state index in [0.29, 0.717) is 19.6 Å². The Bertz CT molecular complexity index is 1190. The first-order valence-corrected chi connectivity index (χ1v) is 11.9. The number of aromatic amines is 1. The minimum Gasteiger partial charge on any atom is -0.761 e. The summed E-state index contributed by atoms with van der Waals surface area (Å²) in [5.41, 5.74) is 5.30. The van der Waals surface area contributed by atoms with Crippen LogP contribution in [0.4, 0.5) is 5.95 Å². The number of hydrogen-bond acceptors (Lipinski definition) is 11. The third-order valence-corrected chi connectivity index (χ3v) is 6.64. The summed E-state index contributed by atoms with van der Waals surface area (Å²) in [6, 6.07) is 0. The summed E-state index contributed by atoms with van der Waals surface area (Å²) in [4.78, 5) is 38.7. The average molecular weight is 505 g/mol. The molecule has 0 aliphatic carbocycles. The van der Waals surface area contributed by atoms with Gasteiger partial charge in [0.05, 0.1) is 19.0 Å². The van der Waals surface area contributed by atoms with Crippen LogP contribution in [0.1, 0.15) is 26.0 Å². The Morgan fingerprint density at radius 2 is 2.18 bits per heavy atom. The maximum atomic E-state index is 12.4. The number of aliphatic hydroxyl groups is 1. The van der Waals surface area contributed by atoms with Crippen molar-refractivity contribution in [3.63, 3.8) is 0 Å². The molecule has 4 rings (SSSR count). The number of rotatable bonds is 10. The maximum Gasteiger partial charge on any atom is 1.00 e. The summed E-state index contributed by atoms with van der Waals surface area (Å²) < 4.78 is 31.4. The molecule has 3 aromatic rings. The average Bonchev–Trinajstić information content (AvgIpc) is 3.50. The first-order chi connectivity index (χ1) is 15.8. The van der Waals surface area contributed by atoms with Crippen molar-refractivity contribution < 1.29 is 58.1 Å². The van der Waals surface area contributed by atoms with Crippen molar-refractivity contribution in [2.75, 3.05) is 25.6 Å². The van der Waals surface area contributed by atoms with Crippen molar-refractivity contribution in [1.29, 1.82) is 0 Å². The van der Waals surface area contributed by atoms with Gasteiger partial charge in [0.15, 0.2) is 17.4 Å². The van der Waals surface area contributed by atoms with Gasteiger partial charge < -0.3 is 29.7 Å². The molecule has 180 valence electrons. The Labute approximate surface area is 216 Å². The van der Waals surface area contributed by atoms with Crippen molar-refractivity contribution in [2.45, 2.75) is 38.2 Å². The summed E-state index contributed by atoms with van der Waals surface area (Å²) in [5, 5.41) is 11.1. The van der Waals surface area contributed by atoms with E-state index in [-0.39, 0.29) is 53.3 Å². The summed E-state index contributed by atoms with van der Waals surface area (Å²) in [7, 11) is -4.45. The van der Waals surface area contributed by atoms with Gasteiger partial charge in [0, 0.05) is 31.5 Å². The first-order valence-electron chi connectivity index (χ1n) is 10.4. The van der Waals surface area contributed by atoms with Crippen molar-refractivity contribution >= 4 is 24.9 Å². The number of nitrogens with two attached hydrogens (primary N) is 1. The number of imidazole rings is 2. The molecule has 0 saturated carbocycles. The van der Waals surface area contributed by atoms with Crippen LogP contribution < -0.4 is 45.7 Å². The molecular weight excluding hydrogens is 480 g/mol. The van der Waals surface area contributed by atoms with Gasteiger partial charge in [-0.15, -0.1) is 0 Å². The van der Waals surface area contributed by atoms with Crippen LogP contribution in [0.15, 0.2) is 29.8 Å². The number of nitrogens with zero attached hydrogens (tertiary/aromatic N) is 5. The standard InChI is InChI=1S/C18H26N7O7P.Na/c1-2-6-30-7-3-11-12(8-31-33(28,29)24-5-4-20-9-24)32-17(14(11)26)25-10-21-13-15(25)22-18(19)23-16(13)27;/h4-5,9-12,14,17,26H,2-3,6-8H2,1H3,(H,28,29)(H3,19,22,23,27);/q;+1/p-1/t11-,12-,14-,17-;/m1./s1. The Kier molecular flexibility index (Phi) is 9.06. The molecule has 16 heteroatoms. The predicted molar refractivity (Wildman–Crippen MR) is 113 cm³/mol. The van der Waals surface area contributed by atoms with Crippen molar-refractivity contribution in [3.8, 4) is 0 Å². The third-order valence-electron chi connectivity index (χ3n) is 5.37. The molecule has 1 unspecified atom stereocenters. The first kappa shape index (κ1) is 27.0. The van der Waals surface area contributed by atoms with Crippen LogP contribution in [0.2, 0.25) is 0 Å². The zero-order chi connectivity index (χ0) is 23.6. The number of hydrogen-bond donors (Lipinski definition) is 3. The molecule has 1 fully saturated rings. The molecule has 5 atom stereocenters.